The van der Waals surface area contributed by atoms with Crippen LogP contribution in [0.2, 0.25) is 0 Å². The Kier molecular flexibility index (Phi) is 10.8. The normalized spacial score (nSPS) is 19.4. The minimum absolute atomic E-state index is 0.0498. The van der Waals surface area contributed by atoms with Gasteiger partial charge in [-0.05, 0) is 25.7 Å². The quantitative estimate of drug-likeness (QED) is 0.0988. The Morgan fingerprint density at radius 1 is 0.708 bits per heavy atom. The highest BCUT2D eigenvalue weighted by Crippen LogP contribution is 2.22. The van der Waals surface area contributed by atoms with Gasteiger partial charge in [-0.2, -0.15) is 0 Å². The van der Waals surface area contributed by atoms with E-state index in [-0.39, 0.29) is 25.8 Å². The van der Waals surface area contributed by atoms with Crippen molar-refractivity contribution >= 4 is 35.4 Å². The Bertz CT molecular complexity index is 1570. The van der Waals surface area contributed by atoms with Crippen LogP contribution in [-0.4, -0.2) is 118 Å². The summed E-state index contributed by atoms with van der Waals surface area (Å²) in [6.07, 6.45) is 11.1. The summed E-state index contributed by atoms with van der Waals surface area (Å²) in [5.74, 6) is -3.12. The van der Waals surface area contributed by atoms with Crippen molar-refractivity contribution in [3.63, 3.8) is 0 Å². The van der Waals surface area contributed by atoms with Crippen LogP contribution in [0.4, 0.5) is 0 Å². The molecule has 0 saturated carbocycles. The first-order chi connectivity index (χ1) is 23.1. The summed E-state index contributed by atoms with van der Waals surface area (Å²) in [5.41, 5.74) is 7.38. The van der Waals surface area contributed by atoms with Crippen LogP contribution in [0.15, 0.2) is 37.6 Å². The van der Waals surface area contributed by atoms with Gasteiger partial charge in [-0.1, -0.05) is 0 Å². The van der Waals surface area contributed by atoms with Crippen molar-refractivity contribution in [1.29, 1.82) is 0 Å². The molecule has 3 aromatic rings. The van der Waals surface area contributed by atoms with E-state index in [1.54, 1.807) is 6.20 Å². The maximum atomic E-state index is 14.1. The Morgan fingerprint density at radius 2 is 1.10 bits per heavy atom. The summed E-state index contributed by atoms with van der Waals surface area (Å²) >= 11 is 0. The number of H-pyrrole nitrogens is 3. The summed E-state index contributed by atoms with van der Waals surface area (Å²) in [7, 11) is 0. The van der Waals surface area contributed by atoms with Crippen molar-refractivity contribution in [2.75, 3.05) is 13.1 Å². The fraction of sp³-hybridized carbons (Fsp3) is 0.500. The van der Waals surface area contributed by atoms with Gasteiger partial charge in [-0.25, -0.2) is 15.0 Å². The van der Waals surface area contributed by atoms with Gasteiger partial charge in [-0.3, -0.25) is 28.8 Å². The third-order valence-electron chi connectivity index (χ3n) is 8.56. The van der Waals surface area contributed by atoms with E-state index in [1.165, 1.54) is 48.1 Å². The predicted octanol–water partition coefficient (Wildman–Crippen LogP) is -2.17. The lowest BCUT2D eigenvalue weighted by atomic mass is 10.1. The molecule has 5 atom stereocenters. The van der Waals surface area contributed by atoms with Gasteiger partial charge in [0.2, 0.25) is 35.4 Å². The van der Waals surface area contributed by atoms with E-state index >= 15 is 0 Å². The van der Waals surface area contributed by atoms with E-state index < -0.39 is 65.7 Å². The molecule has 18 heteroatoms. The number of likely N-dealkylation sites (tertiary alicyclic amines) is 2. The smallest absolute Gasteiger partial charge is 0.246 e. The highest BCUT2D eigenvalue weighted by Gasteiger charge is 2.42. The van der Waals surface area contributed by atoms with Gasteiger partial charge in [0.25, 0.3) is 0 Å². The van der Waals surface area contributed by atoms with Crippen molar-refractivity contribution in [1.82, 2.24) is 55.7 Å². The molecule has 0 radical (unpaired) electrons. The Morgan fingerprint density at radius 3 is 1.48 bits per heavy atom. The molecule has 0 aliphatic carbocycles. The summed E-state index contributed by atoms with van der Waals surface area (Å²) in [6, 6.07) is -4.84. The van der Waals surface area contributed by atoms with E-state index in [0.29, 0.717) is 49.3 Å². The van der Waals surface area contributed by atoms with E-state index in [9.17, 15) is 28.8 Å². The SMILES string of the molecule is CC(=O)N[C@@H](Cc1cnc[nH]1)C(=O)N1CCC[C@H]1C(=O)N[C@@H](Cc1cnc[nH]1)C(=O)N1CCC[C@H]1C(=O)N[C@@H](Cc1cnc[nH]1)C(N)=O. The number of rotatable bonds is 14. The van der Waals surface area contributed by atoms with Crippen LogP contribution in [0.3, 0.4) is 0 Å². The molecule has 0 bridgehead atoms. The number of amides is 6. The van der Waals surface area contributed by atoms with E-state index in [1.807, 2.05) is 0 Å². The van der Waals surface area contributed by atoms with Gasteiger partial charge < -0.3 is 46.4 Å². The third kappa shape index (κ3) is 8.23. The van der Waals surface area contributed by atoms with Crippen molar-refractivity contribution in [3.05, 3.63) is 54.7 Å². The number of hydrogen-bond acceptors (Lipinski definition) is 9. The average molecular weight is 665 g/mol. The molecule has 0 aromatic carbocycles. The predicted molar refractivity (Wildman–Crippen MR) is 167 cm³/mol. The molecule has 2 aliphatic heterocycles. The summed E-state index contributed by atoms with van der Waals surface area (Å²) in [5, 5.41) is 8.19. The first-order valence-electron chi connectivity index (χ1n) is 15.8. The zero-order valence-electron chi connectivity index (χ0n) is 26.5. The maximum Gasteiger partial charge on any atom is 0.246 e. The van der Waals surface area contributed by atoms with Gasteiger partial charge in [0, 0.05) is 74.9 Å². The fourth-order valence-corrected chi connectivity index (χ4v) is 6.26. The molecule has 0 unspecified atom stereocenters. The molecule has 2 saturated heterocycles. The van der Waals surface area contributed by atoms with Crippen LogP contribution in [0.25, 0.3) is 0 Å². The van der Waals surface area contributed by atoms with Crippen molar-refractivity contribution in [3.8, 4) is 0 Å². The van der Waals surface area contributed by atoms with E-state index in [0.717, 1.165) is 0 Å². The first kappa shape index (κ1) is 33.8. The van der Waals surface area contributed by atoms with Gasteiger partial charge in [0.15, 0.2) is 0 Å². The standard InChI is InChI=1S/C30H40N12O6/c1-17(43)38-22(9-19-12-33-15-36-19)29(47)41-6-3-5-25(41)28(46)40-23(10-20-13-34-16-37-20)30(48)42-7-2-4-24(42)27(45)39-21(26(31)44)8-18-11-32-14-35-18/h11-16,21-25H,2-10H2,1H3,(H2,31,44)(H,32,35)(H,33,36)(H,34,37)(H,38,43)(H,39,45)(H,40,46)/t21-,22-,23-,24-,25-/m0/s1. The molecule has 2 aliphatic rings. The Balaban J connectivity index is 1.30. The largest absolute Gasteiger partial charge is 0.368 e. The first-order valence-corrected chi connectivity index (χ1v) is 15.8. The topological polar surface area (TPSA) is 257 Å². The molecule has 0 spiro atoms. The number of imidazole rings is 3. The van der Waals surface area contributed by atoms with Crippen LogP contribution in [0.1, 0.15) is 49.7 Å². The molecule has 18 nitrogen and oxygen atoms in total. The minimum Gasteiger partial charge on any atom is -0.368 e. The molecule has 6 amide bonds. The molecular formula is C30H40N12O6. The average Bonchev–Trinajstić information content (AvgIpc) is 3.90. The van der Waals surface area contributed by atoms with Crippen LogP contribution >= 0.6 is 0 Å². The lowest BCUT2D eigenvalue weighted by Crippen LogP contribution is -2.59. The van der Waals surface area contributed by atoms with Gasteiger partial charge in [-0.15, -0.1) is 0 Å². The molecular weight excluding hydrogens is 624 g/mol. The van der Waals surface area contributed by atoms with Crippen LogP contribution in [-0.2, 0) is 48.0 Å². The number of nitrogens with zero attached hydrogens (tertiary/aromatic N) is 5. The second-order valence-electron chi connectivity index (χ2n) is 12.0. The highest BCUT2D eigenvalue weighted by atomic mass is 16.2. The molecule has 3 aromatic heterocycles. The molecule has 8 N–H and O–H groups in total. The van der Waals surface area contributed by atoms with Gasteiger partial charge in [0.1, 0.15) is 30.2 Å². The van der Waals surface area contributed by atoms with Crippen LogP contribution < -0.4 is 21.7 Å². The van der Waals surface area contributed by atoms with Crippen LogP contribution in [0, 0.1) is 0 Å². The van der Waals surface area contributed by atoms with E-state index in [4.69, 9.17) is 5.73 Å². The zero-order chi connectivity index (χ0) is 34.2. The monoisotopic (exact) mass is 664 g/mol. The molecule has 5 heterocycles. The Labute approximate surface area is 275 Å². The molecule has 2 fully saturated rings. The molecule has 48 heavy (non-hydrogen) atoms. The second kappa shape index (κ2) is 15.4. The molecule has 5 rings (SSSR count). The lowest BCUT2D eigenvalue weighted by molar-refractivity contribution is -0.144. The number of aromatic nitrogens is 6. The number of nitrogens with one attached hydrogen (secondary N) is 6. The number of hydrogen-bond donors (Lipinski definition) is 7. The number of aromatic amines is 3. The highest BCUT2D eigenvalue weighted by molar-refractivity contribution is 5.97. The molecule has 256 valence electrons. The number of carbonyl (C=O) groups is 6. The summed E-state index contributed by atoms with van der Waals surface area (Å²) in [6.45, 7) is 1.86. The minimum atomic E-state index is -1.10. The fourth-order valence-electron chi connectivity index (χ4n) is 6.26. The maximum absolute atomic E-state index is 14.1. The lowest BCUT2D eigenvalue weighted by Gasteiger charge is -2.32. The Hall–Kier alpha value is -5.55. The number of carbonyl (C=O) groups excluding carboxylic acids is 6. The third-order valence-corrected chi connectivity index (χ3v) is 8.56. The zero-order valence-corrected chi connectivity index (χ0v) is 26.5. The second-order valence-corrected chi connectivity index (χ2v) is 12.0. The van der Waals surface area contributed by atoms with E-state index in [2.05, 4.69) is 45.9 Å². The van der Waals surface area contributed by atoms with Crippen molar-refractivity contribution in [2.24, 2.45) is 5.73 Å². The van der Waals surface area contributed by atoms with Crippen molar-refractivity contribution in [2.45, 2.75) is 82.1 Å². The summed E-state index contributed by atoms with van der Waals surface area (Å²) in [4.78, 5) is 103. The van der Waals surface area contributed by atoms with Crippen LogP contribution in [0.5, 0.6) is 0 Å². The van der Waals surface area contributed by atoms with Crippen molar-refractivity contribution < 1.29 is 28.8 Å². The van der Waals surface area contributed by atoms with Gasteiger partial charge in [0.05, 0.1) is 19.0 Å². The number of primary amides is 1. The van der Waals surface area contributed by atoms with Gasteiger partial charge >= 0.3 is 0 Å². The summed E-state index contributed by atoms with van der Waals surface area (Å²) < 4.78 is 0. The number of nitrogens with two attached hydrogens (primary N) is 1.